The predicted molar refractivity (Wildman–Crippen MR) is 74.1 cm³/mol. The van der Waals surface area contributed by atoms with E-state index >= 15 is 0 Å². The highest BCUT2D eigenvalue weighted by molar-refractivity contribution is 7.91. The van der Waals surface area contributed by atoms with Crippen LogP contribution in [0.1, 0.15) is 5.56 Å². The van der Waals surface area contributed by atoms with Crippen molar-refractivity contribution in [3.8, 4) is 5.88 Å². The normalized spacial score (nSPS) is 12.3. The van der Waals surface area contributed by atoms with E-state index in [9.17, 15) is 21.6 Å². The van der Waals surface area contributed by atoms with E-state index in [1.807, 2.05) is 0 Å². The summed E-state index contributed by atoms with van der Waals surface area (Å²) in [6, 6.07) is 5.80. The van der Waals surface area contributed by atoms with Crippen LogP contribution in [0, 0.1) is 0 Å². The topological polar surface area (TPSA) is 68.3 Å². The van der Waals surface area contributed by atoms with Gasteiger partial charge in [-0.15, -0.1) is 11.3 Å². The van der Waals surface area contributed by atoms with Crippen LogP contribution in [0.5, 0.6) is 5.88 Å². The van der Waals surface area contributed by atoms with Gasteiger partial charge in [-0.05, 0) is 23.1 Å². The average Bonchev–Trinajstić information content (AvgIpc) is 2.98. The second-order valence-corrected chi connectivity index (χ2v) is 7.10. The fraction of sp³-hybridized carbons (Fsp3) is 0.250. The zero-order chi connectivity index (χ0) is 16.2. The summed E-state index contributed by atoms with van der Waals surface area (Å²) in [4.78, 5) is 3.64. The second kappa shape index (κ2) is 6.63. The highest BCUT2D eigenvalue weighted by Gasteiger charge is 2.28. The predicted octanol–water partition coefficient (Wildman–Crippen LogP) is 2.56. The highest BCUT2D eigenvalue weighted by atomic mass is 32.2. The van der Waals surface area contributed by atoms with E-state index in [0.29, 0.717) is 5.56 Å². The van der Waals surface area contributed by atoms with Crippen LogP contribution in [0.2, 0.25) is 0 Å². The average molecular weight is 352 g/mol. The van der Waals surface area contributed by atoms with E-state index in [1.165, 1.54) is 24.4 Å². The van der Waals surface area contributed by atoms with E-state index in [0.717, 1.165) is 11.3 Å². The largest absolute Gasteiger partial charge is 0.468 e. The van der Waals surface area contributed by atoms with Gasteiger partial charge in [0.2, 0.25) is 15.9 Å². The maximum absolute atomic E-state index is 12.1. The minimum absolute atomic E-state index is 0.0782. The smallest absolute Gasteiger partial charge is 0.422 e. The highest BCUT2D eigenvalue weighted by Crippen LogP contribution is 2.18. The van der Waals surface area contributed by atoms with Gasteiger partial charge >= 0.3 is 6.18 Å². The molecule has 10 heteroatoms. The molecule has 0 saturated heterocycles. The van der Waals surface area contributed by atoms with Crippen molar-refractivity contribution >= 4 is 21.4 Å². The number of aromatic nitrogens is 1. The van der Waals surface area contributed by atoms with Gasteiger partial charge in [-0.2, -0.15) is 13.2 Å². The summed E-state index contributed by atoms with van der Waals surface area (Å²) in [6.07, 6.45) is -3.21. The monoisotopic (exact) mass is 352 g/mol. The van der Waals surface area contributed by atoms with Crippen molar-refractivity contribution in [3.63, 3.8) is 0 Å². The Morgan fingerprint density at radius 2 is 2.09 bits per heavy atom. The molecule has 0 amide bonds. The van der Waals surface area contributed by atoms with Crippen LogP contribution < -0.4 is 9.46 Å². The number of ether oxygens (including phenoxy) is 1. The molecule has 0 aliphatic rings. The van der Waals surface area contributed by atoms with Gasteiger partial charge in [0.05, 0.1) is 0 Å². The number of pyridine rings is 1. The minimum Gasteiger partial charge on any atom is -0.468 e. The zero-order valence-electron chi connectivity index (χ0n) is 11.0. The first-order valence-corrected chi connectivity index (χ1v) is 8.30. The quantitative estimate of drug-likeness (QED) is 0.868. The minimum atomic E-state index is -4.46. The first-order chi connectivity index (χ1) is 10.3. The molecule has 0 aliphatic carbocycles. The van der Waals surface area contributed by atoms with Crippen molar-refractivity contribution in [3.05, 3.63) is 41.4 Å². The summed E-state index contributed by atoms with van der Waals surface area (Å²) in [5.41, 5.74) is 0.437. The maximum Gasteiger partial charge on any atom is 0.422 e. The molecule has 2 heterocycles. The fourth-order valence-corrected chi connectivity index (χ4v) is 3.52. The molecule has 5 nitrogen and oxygen atoms in total. The van der Waals surface area contributed by atoms with Gasteiger partial charge in [0, 0.05) is 18.8 Å². The molecule has 0 bridgehead atoms. The molecule has 2 aromatic heterocycles. The van der Waals surface area contributed by atoms with Crippen LogP contribution in [0.15, 0.2) is 40.1 Å². The van der Waals surface area contributed by atoms with Crippen molar-refractivity contribution in [2.45, 2.75) is 16.9 Å². The molecule has 0 unspecified atom stereocenters. The van der Waals surface area contributed by atoms with Crippen molar-refractivity contribution in [2.24, 2.45) is 0 Å². The number of thiophene rings is 1. The summed E-state index contributed by atoms with van der Waals surface area (Å²) < 4.78 is 67.0. The fourth-order valence-electron chi connectivity index (χ4n) is 1.46. The lowest BCUT2D eigenvalue weighted by Crippen LogP contribution is -2.22. The first-order valence-electron chi connectivity index (χ1n) is 5.94. The van der Waals surface area contributed by atoms with Gasteiger partial charge in [0.25, 0.3) is 0 Å². The summed E-state index contributed by atoms with van der Waals surface area (Å²) in [6.45, 7) is -1.53. The Bertz CT molecular complexity index is 715. The number of sulfonamides is 1. The summed E-state index contributed by atoms with van der Waals surface area (Å²) >= 11 is 1.07. The molecule has 0 radical (unpaired) electrons. The zero-order valence-corrected chi connectivity index (χ0v) is 12.6. The molecule has 0 aliphatic heterocycles. The van der Waals surface area contributed by atoms with E-state index in [1.54, 1.807) is 11.4 Å². The molecule has 0 fully saturated rings. The van der Waals surface area contributed by atoms with Gasteiger partial charge in [-0.3, -0.25) is 0 Å². The van der Waals surface area contributed by atoms with Crippen molar-refractivity contribution < 1.29 is 26.3 Å². The molecular weight excluding hydrogens is 341 g/mol. The van der Waals surface area contributed by atoms with Crippen LogP contribution in [-0.4, -0.2) is 26.2 Å². The van der Waals surface area contributed by atoms with Gasteiger partial charge in [-0.25, -0.2) is 18.1 Å². The SMILES string of the molecule is O=S(=O)(NCc1ccnc(OCC(F)(F)F)c1)c1cccs1. The Kier molecular flexibility index (Phi) is 5.04. The van der Waals surface area contributed by atoms with Crippen LogP contribution in [0.25, 0.3) is 0 Å². The molecule has 120 valence electrons. The van der Waals surface area contributed by atoms with E-state index < -0.39 is 22.8 Å². The number of hydrogen-bond acceptors (Lipinski definition) is 5. The third kappa shape index (κ3) is 4.97. The van der Waals surface area contributed by atoms with Crippen LogP contribution in [-0.2, 0) is 16.6 Å². The number of halogens is 3. The number of hydrogen-bond donors (Lipinski definition) is 1. The number of nitrogens with zero attached hydrogens (tertiary/aromatic N) is 1. The molecule has 0 aromatic carbocycles. The Morgan fingerprint density at radius 1 is 1.32 bits per heavy atom. The molecule has 0 saturated carbocycles. The number of alkyl halides is 3. The summed E-state index contributed by atoms with van der Waals surface area (Å²) in [5.74, 6) is -0.217. The number of nitrogens with one attached hydrogen (secondary N) is 1. The van der Waals surface area contributed by atoms with E-state index in [-0.39, 0.29) is 16.6 Å². The van der Waals surface area contributed by atoms with Gasteiger partial charge in [0.15, 0.2) is 6.61 Å². The van der Waals surface area contributed by atoms with Crippen LogP contribution in [0.4, 0.5) is 13.2 Å². The Hall–Kier alpha value is -1.65. The maximum atomic E-state index is 12.1. The van der Waals surface area contributed by atoms with E-state index in [4.69, 9.17) is 0 Å². The Morgan fingerprint density at radius 3 is 2.73 bits per heavy atom. The molecule has 2 aromatic rings. The molecular formula is C12H11F3N2O3S2. The summed E-state index contributed by atoms with van der Waals surface area (Å²) in [7, 11) is -3.64. The van der Waals surface area contributed by atoms with Gasteiger partial charge in [0.1, 0.15) is 4.21 Å². The van der Waals surface area contributed by atoms with Gasteiger partial charge in [-0.1, -0.05) is 6.07 Å². The molecule has 1 N–H and O–H groups in total. The third-order valence-electron chi connectivity index (χ3n) is 2.41. The lowest BCUT2D eigenvalue weighted by molar-refractivity contribution is -0.154. The van der Waals surface area contributed by atoms with Crippen molar-refractivity contribution in [2.75, 3.05) is 6.61 Å². The third-order valence-corrected chi connectivity index (χ3v) is 5.21. The summed E-state index contributed by atoms with van der Waals surface area (Å²) in [5, 5.41) is 1.63. The number of rotatable bonds is 6. The lowest BCUT2D eigenvalue weighted by Gasteiger charge is -2.09. The van der Waals surface area contributed by atoms with Gasteiger partial charge < -0.3 is 4.74 Å². The molecule has 0 spiro atoms. The lowest BCUT2D eigenvalue weighted by atomic mass is 10.3. The molecule has 2 rings (SSSR count). The van der Waals surface area contributed by atoms with Crippen LogP contribution >= 0.6 is 11.3 Å². The Balaban J connectivity index is 1.99. The Labute approximate surface area is 128 Å². The van der Waals surface area contributed by atoms with Crippen LogP contribution in [0.3, 0.4) is 0 Å². The molecule has 22 heavy (non-hydrogen) atoms. The molecule has 0 atom stereocenters. The van der Waals surface area contributed by atoms with Crippen molar-refractivity contribution in [1.82, 2.24) is 9.71 Å². The second-order valence-electron chi connectivity index (χ2n) is 4.16. The van der Waals surface area contributed by atoms with Crippen molar-refractivity contribution in [1.29, 1.82) is 0 Å². The van der Waals surface area contributed by atoms with E-state index in [2.05, 4.69) is 14.4 Å². The standard InChI is InChI=1S/C12H11F3N2O3S2/c13-12(14,15)8-20-10-6-9(3-4-16-10)7-17-22(18,19)11-2-1-5-21-11/h1-6,17H,7-8H2. The first kappa shape index (κ1) is 16.7.